The quantitative estimate of drug-likeness (QED) is 0.705. The third-order valence-electron chi connectivity index (χ3n) is 3.52. The SMILES string of the molecule is Cn1cc(C(=O)N2CCN3C(=O)OCC3C2)[nH]c1=O. The van der Waals surface area contributed by atoms with E-state index in [1.807, 2.05) is 0 Å². The van der Waals surface area contributed by atoms with Gasteiger partial charge in [-0.1, -0.05) is 0 Å². The Labute approximate surface area is 108 Å². The zero-order chi connectivity index (χ0) is 13.6. The highest BCUT2D eigenvalue weighted by Gasteiger charge is 2.39. The van der Waals surface area contributed by atoms with Crippen molar-refractivity contribution < 1.29 is 14.3 Å². The number of hydrogen-bond acceptors (Lipinski definition) is 4. The summed E-state index contributed by atoms with van der Waals surface area (Å²) in [6.45, 7) is 1.66. The number of cyclic esters (lactones) is 1. The van der Waals surface area contributed by atoms with Gasteiger partial charge in [0, 0.05) is 32.9 Å². The second kappa shape index (κ2) is 4.15. The van der Waals surface area contributed by atoms with Crippen LogP contribution in [0.4, 0.5) is 4.79 Å². The molecule has 0 radical (unpaired) electrons. The molecular formula is C11H14N4O4. The Bertz CT molecular complexity index is 590. The number of aryl methyl sites for hydroxylation is 1. The predicted molar refractivity (Wildman–Crippen MR) is 63.8 cm³/mol. The number of carbonyl (C=O) groups is 2. The molecule has 1 aromatic rings. The van der Waals surface area contributed by atoms with Crippen molar-refractivity contribution in [2.24, 2.45) is 7.05 Å². The van der Waals surface area contributed by atoms with Gasteiger partial charge >= 0.3 is 11.8 Å². The van der Waals surface area contributed by atoms with Crippen LogP contribution in [0.1, 0.15) is 10.5 Å². The normalized spacial score (nSPS) is 22.4. The van der Waals surface area contributed by atoms with Crippen LogP contribution >= 0.6 is 0 Å². The van der Waals surface area contributed by atoms with Gasteiger partial charge in [-0.05, 0) is 0 Å². The maximum Gasteiger partial charge on any atom is 0.410 e. The first-order chi connectivity index (χ1) is 9.06. The summed E-state index contributed by atoms with van der Waals surface area (Å²) in [4.78, 5) is 40.7. The zero-order valence-corrected chi connectivity index (χ0v) is 10.5. The minimum absolute atomic E-state index is 0.0827. The minimum atomic E-state index is -0.318. The Morgan fingerprint density at radius 1 is 1.42 bits per heavy atom. The van der Waals surface area contributed by atoms with E-state index in [4.69, 9.17) is 4.74 Å². The van der Waals surface area contributed by atoms with Gasteiger partial charge in [-0.3, -0.25) is 9.69 Å². The van der Waals surface area contributed by atoms with Gasteiger partial charge in [0.05, 0.1) is 6.04 Å². The lowest BCUT2D eigenvalue weighted by molar-refractivity contribution is 0.0611. The number of ether oxygens (including phenoxy) is 1. The van der Waals surface area contributed by atoms with Gasteiger partial charge in [0.25, 0.3) is 5.91 Å². The highest BCUT2D eigenvalue weighted by Crippen LogP contribution is 2.18. The van der Waals surface area contributed by atoms with Crippen molar-refractivity contribution in [3.63, 3.8) is 0 Å². The first kappa shape index (κ1) is 11.8. The van der Waals surface area contributed by atoms with Crippen molar-refractivity contribution in [3.8, 4) is 0 Å². The molecule has 0 saturated carbocycles. The molecule has 8 heteroatoms. The van der Waals surface area contributed by atoms with Crippen LogP contribution in [0, 0.1) is 0 Å². The van der Waals surface area contributed by atoms with Gasteiger partial charge in [0.2, 0.25) is 0 Å². The fourth-order valence-electron chi connectivity index (χ4n) is 2.44. The van der Waals surface area contributed by atoms with Crippen molar-refractivity contribution in [2.45, 2.75) is 6.04 Å². The van der Waals surface area contributed by atoms with E-state index in [0.29, 0.717) is 26.2 Å². The molecule has 1 aromatic heterocycles. The van der Waals surface area contributed by atoms with Crippen LogP contribution in [0.15, 0.2) is 11.0 Å². The molecule has 2 saturated heterocycles. The van der Waals surface area contributed by atoms with E-state index >= 15 is 0 Å². The van der Waals surface area contributed by atoms with E-state index in [1.165, 1.54) is 10.8 Å². The number of nitrogens with one attached hydrogen (secondary N) is 1. The molecule has 1 unspecified atom stereocenters. The molecule has 2 aliphatic heterocycles. The first-order valence-corrected chi connectivity index (χ1v) is 6.04. The standard InChI is InChI=1S/C11H14N4O4/c1-13-5-8(12-10(13)17)9(16)14-2-3-15-7(4-14)6-19-11(15)18/h5,7H,2-4,6H2,1H3,(H,12,17). The highest BCUT2D eigenvalue weighted by molar-refractivity contribution is 5.92. The van der Waals surface area contributed by atoms with Gasteiger partial charge < -0.3 is 19.2 Å². The van der Waals surface area contributed by atoms with Crippen molar-refractivity contribution >= 4 is 12.0 Å². The van der Waals surface area contributed by atoms with E-state index in [-0.39, 0.29) is 29.4 Å². The third kappa shape index (κ3) is 1.88. The van der Waals surface area contributed by atoms with E-state index in [1.54, 1.807) is 16.8 Å². The number of H-pyrrole nitrogens is 1. The lowest BCUT2D eigenvalue weighted by Crippen LogP contribution is -2.53. The molecule has 1 N–H and O–H groups in total. The fraction of sp³-hybridized carbons (Fsp3) is 0.545. The predicted octanol–water partition coefficient (Wildman–Crippen LogP) is -1.01. The summed E-state index contributed by atoms with van der Waals surface area (Å²) in [6.07, 6.45) is 1.16. The highest BCUT2D eigenvalue weighted by atomic mass is 16.6. The molecule has 2 amide bonds. The largest absolute Gasteiger partial charge is 0.447 e. The number of carbonyl (C=O) groups excluding carboxylic acids is 2. The third-order valence-corrected chi connectivity index (χ3v) is 3.52. The van der Waals surface area contributed by atoms with Gasteiger partial charge in [-0.2, -0.15) is 0 Å². The molecule has 0 bridgehead atoms. The number of rotatable bonds is 1. The summed E-state index contributed by atoms with van der Waals surface area (Å²) < 4.78 is 6.27. The second-order valence-electron chi connectivity index (χ2n) is 4.76. The van der Waals surface area contributed by atoms with Crippen molar-refractivity contribution in [1.82, 2.24) is 19.4 Å². The molecule has 1 atom stereocenters. The van der Waals surface area contributed by atoms with Crippen LogP contribution in [-0.4, -0.2) is 63.6 Å². The van der Waals surface area contributed by atoms with Crippen molar-refractivity contribution in [1.29, 1.82) is 0 Å². The molecule has 3 heterocycles. The number of aromatic nitrogens is 2. The number of aromatic amines is 1. The molecule has 0 spiro atoms. The summed E-state index contributed by atoms with van der Waals surface area (Å²) in [5, 5.41) is 0. The zero-order valence-electron chi connectivity index (χ0n) is 10.5. The number of hydrogen-bond donors (Lipinski definition) is 1. The molecule has 0 aromatic carbocycles. The van der Waals surface area contributed by atoms with Gasteiger partial charge in [-0.15, -0.1) is 0 Å². The average Bonchev–Trinajstić information content (AvgIpc) is 2.93. The van der Waals surface area contributed by atoms with Crippen LogP contribution < -0.4 is 5.69 Å². The van der Waals surface area contributed by atoms with Crippen LogP contribution in [0.3, 0.4) is 0 Å². The van der Waals surface area contributed by atoms with Crippen LogP contribution in [-0.2, 0) is 11.8 Å². The molecule has 2 fully saturated rings. The number of fused-ring (bicyclic) bond motifs is 1. The summed E-state index contributed by atoms with van der Waals surface area (Å²) in [7, 11) is 1.58. The number of amides is 2. The van der Waals surface area contributed by atoms with E-state index in [9.17, 15) is 14.4 Å². The lowest BCUT2D eigenvalue weighted by Gasteiger charge is -2.35. The van der Waals surface area contributed by atoms with Crippen LogP contribution in [0.2, 0.25) is 0 Å². The summed E-state index contributed by atoms with van der Waals surface area (Å²) >= 11 is 0. The Hall–Kier alpha value is -2.25. The second-order valence-corrected chi connectivity index (χ2v) is 4.76. The van der Waals surface area contributed by atoms with E-state index < -0.39 is 0 Å². The monoisotopic (exact) mass is 266 g/mol. The molecule has 2 aliphatic rings. The molecule has 102 valence electrons. The first-order valence-electron chi connectivity index (χ1n) is 6.04. The lowest BCUT2D eigenvalue weighted by atomic mass is 10.2. The smallest absolute Gasteiger partial charge is 0.410 e. The molecule has 19 heavy (non-hydrogen) atoms. The summed E-state index contributed by atoms with van der Waals surface area (Å²) in [5.41, 5.74) is -0.0486. The molecular weight excluding hydrogens is 252 g/mol. The Balaban J connectivity index is 1.75. The topological polar surface area (TPSA) is 87.6 Å². The summed E-state index contributed by atoms with van der Waals surface area (Å²) in [5.74, 6) is -0.225. The van der Waals surface area contributed by atoms with Gasteiger partial charge in [0.1, 0.15) is 12.3 Å². The molecule has 0 aliphatic carbocycles. The minimum Gasteiger partial charge on any atom is -0.447 e. The van der Waals surface area contributed by atoms with Crippen LogP contribution in [0.5, 0.6) is 0 Å². The Kier molecular flexibility index (Phi) is 2.58. The maximum atomic E-state index is 12.2. The van der Waals surface area contributed by atoms with Gasteiger partial charge in [0.15, 0.2) is 0 Å². The number of nitrogens with zero attached hydrogens (tertiary/aromatic N) is 3. The fourth-order valence-corrected chi connectivity index (χ4v) is 2.44. The Morgan fingerprint density at radius 3 is 2.89 bits per heavy atom. The van der Waals surface area contributed by atoms with E-state index in [0.717, 1.165) is 0 Å². The summed E-state index contributed by atoms with van der Waals surface area (Å²) in [6, 6.07) is -0.0827. The molecule has 3 rings (SSSR count). The Morgan fingerprint density at radius 2 is 2.21 bits per heavy atom. The average molecular weight is 266 g/mol. The number of imidazole rings is 1. The van der Waals surface area contributed by atoms with Crippen molar-refractivity contribution in [3.05, 3.63) is 22.4 Å². The van der Waals surface area contributed by atoms with Crippen molar-refractivity contribution in [2.75, 3.05) is 26.2 Å². The van der Waals surface area contributed by atoms with Crippen LogP contribution in [0.25, 0.3) is 0 Å². The maximum absolute atomic E-state index is 12.2. The molecule has 8 nitrogen and oxygen atoms in total. The van der Waals surface area contributed by atoms with Gasteiger partial charge in [-0.25, -0.2) is 9.59 Å². The number of piperazine rings is 1. The van der Waals surface area contributed by atoms with E-state index in [2.05, 4.69) is 4.98 Å².